The van der Waals surface area contributed by atoms with E-state index in [1.54, 1.807) is 18.2 Å². The van der Waals surface area contributed by atoms with Crippen LogP contribution in [0.15, 0.2) is 29.2 Å². The van der Waals surface area contributed by atoms with Gasteiger partial charge in [0.1, 0.15) is 0 Å². The van der Waals surface area contributed by atoms with Gasteiger partial charge >= 0.3 is 6.03 Å². The van der Waals surface area contributed by atoms with Crippen molar-refractivity contribution < 1.29 is 22.7 Å². The number of benzene rings is 1. The molecule has 0 bridgehead atoms. The number of hydrogen-bond donors (Lipinski definition) is 1. The fourth-order valence-corrected chi connectivity index (χ4v) is 6.44. The van der Waals surface area contributed by atoms with Crippen LogP contribution in [0, 0.1) is 5.92 Å². The van der Waals surface area contributed by atoms with E-state index in [4.69, 9.17) is 9.47 Å². The Labute approximate surface area is 197 Å². The number of nitrogens with one attached hydrogen (secondary N) is 1. The minimum Gasteiger partial charge on any atom is -0.379 e. The lowest BCUT2D eigenvalue weighted by atomic mass is 9.96. The van der Waals surface area contributed by atoms with Crippen molar-refractivity contribution in [3.63, 3.8) is 0 Å². The first-order valence-electron chi connectivity index (χ1n) is 11.9. The van der Waals surface area contributed by atoms with Gasteiger partial charge in [0.2, 0.25) is 10.0 Å². The van der Waals surface area contributed by atoms with Crippen molar-refractivity contribution in [1.29, 1.82) is 0 Å². The molecule has 3 fully saturated rings. The summed E-state index contributed by atoms with van der Waals surface area (Å²) >= 11 is 0. The van der Waals surface area contributed by atoms with Crippen molar-refractivity contribution in [2.24, 2.45) is 5.92 Å². The van der Waals surface area contributed by atoms with Gasteiger partial charge in [-0.15, -0.1) is 0 Å². The molecule has 4 rings (SSSR count). The molecule has 0 radical (unpaired) electrons. The minimum atomic E-state index is -3.60. The lowest BCUT2D eigenvalue weighted by Gasteiger charge is -2.39. The summed E-state index contributed by atoms with van der Waals surface area (Å²) in [7, 11) is -3.60. The Balaban J connectivity index is 1.29. The third kappa shape index (κ3) is 6.24. The molecule has 3 aliphatic rings. The van der Waals surface area contributed by atoms with Crippen LogP contribution in [0.5, 0.6) is 0 Å². The van der Waals surface area contributed by atoms with Gasteiger partial charge in [0, 0.05) is 51.5 Å². The number of carbonyl (C=O) groups excluding carboxylic acids is 1. The number of likely N-dealkylation sites (tertiary alicyclic amines) is 1. The second-order valence-electron chi connectivity index (χ2n) is 9.38. The second kappa shape index (κ2) is 10.7. The molecule has 0 aromatic heterocycles. The number of nitrogens with zero attached hydrogens (tertiary/aromatic N) is 3. The maximum atomic E-state index is 12.9. The Morgan fingerprint density at radius 1 is 1.06 bits per heavy atom. The molecule has 9 nitrogen and oxygen atoms in total. The van der Waals surface area contributed by atoms with Crippen LogP contribution < -0.4 is 5.32 Å². The molecule has 1 aromatic carbocycles. The third-order valence-electron chi connectivity index (χ3n) is 6.61. The molecule has 10 heteroatoms. The summed E-state index contributed by atoms with van der Waals surface area (Å²) in [5.74, 6) is 0.577. The van der Waals surface area contributed by atoms with Crippen molar-refractivity contribution in [3.8, 4) is 0 Å². The minimum absolute atomic E-state index is 0.178. The highest BCUT2D eigenvalue weighted by atomic mass is 32.2. The molecule has 1 aromatic rings. The summed E-state index contributed by atoms with van der Waals surface area (Å²) < 4.78 is 38.3. The number of urea groups is 1. The van der Waals surface area contributed by atoms with E-state index in [1.807, 2.05) is 4.90 Å². The average molecular weight is 481 g/mol. The zero-order chi connectivity index (χ0) is 23.4. The zero-order valence-corrected chi connectivity index (χ0v) is 20.4. The molecule has 0 spiro atoms. The van der Waals surface area contributed by atoms with E-state index >= 15 is 0 Å². The molecule has 2 atom stereocenters. The standard InChI is InChI=1S/C23H36N4O5S/c1-18-15-25(16-19(2)32-18)17-20-6-8-26(9-7-20)23(28)24-21-4-3-5-22(14-21)33(29,30)27-10-12-31-13-11-27/h3-5,14,18-20H,6-13,15-17H2,1-2H3,(H,24,28). The van der Waals surface area contributed by atoms with Gasteiger partial charge in [0.25, 0.3) is 0 Å². The maximum Gasteiger partial charge on any atom is 0.321 e. The van der Waals surface area contributed by atoms with Gasteiger partial charge in [-0.05, 0) is 50.8 Å². The van der Waals surface area contributed by atoms with E-state index in [0.29, 0.717) is 51.0 Å². The van der Waals surface area contributed by atoms with Gasteiger partial charge in [-0.2, -0.15) is 4.31 Å². The predicted octanol–water partition coefficient (Wildman–Crippen LogP) is 2.06. The van der Waals surface area contributed by atoms with Gasteiger partial charge in [-0.25, -0.2) is 13.2 Å². The number of sulfonamides is 1. The Morgan fingerprint density at radius 2 is 1.73 bits per heavy atom. The first-order chi connectivity index (χ1) is 15.8. The van der Waals surface area contributed by atoms with Crippen molar-refractivity contribution in [2.75, 3.05) is 64.3 Å². The monoisotopic (exact) mass is 480 g/mol. The van der Waals surface area contributed by atoms with Gasteiger partial charge in [-0.3, -0.25) is 4.90 Å². The van der Waals surface area contributed by atoms with E-state index in [2.05, 4.69) is 24.1 Å². The highest BCUT2D eigenvalue weighted by Crippen LogP contribution is 2.23. The zero-order valence-electron chi connectivity index (χ0n) is 19.6. The van der Waals surface area contributed by atoms with Gasteiger partial charge in [0.15, 0.2) is 0 Å². The molecule has 2 unspecified atom stereocenters. The highest BCUT2D eigenvalue weighted by Gasteiger charge is 2.29. The first kappa shape index (κ1) is 24.4. The molecule has 2 amide bonds. The number of morpholine rings is 2. The van der Waals surface area contributed by atoms with Crippen LogP contribution in [0.1, 0.15) is 26.7 Å². The smallest absolute Gasteiger partial charge is 0.321 e. The number of rotatable bonds is 5. The van der Waals surface area contributed by atoms with Crippen LogP contribution in [0.3, 0.4) is 0 Å². The Bertz CT molecular complexity index is 903. The third-order valence-corrected chi connectivity index (χ3v) is 8.50. The fourth-order valence-electron chi connectivity index (χ4n) is 4.99. The van der Waals surface area contributed by atoms with Gasteiger partial charge in [-0.1, -0.05) is 6.07 Å². The fraction of sp³-hybridized carbons (Fsp3) is 0.696. The SMILES string of the molecule is CC1CN(CC2CCN(C(=O)Nc3cccc(S(=O)(=O)N4CCOCC4)c3)CC2)CC(C)O1. The molecular weight excluding hydrogens is 444 g/mol. The Morgan fingerprint density at radius 3 is 2.39 bits per heavy atom. The summed E-state index contributed by atoms with van der Waals surface area (Å²) in [5, 5.41) is 2.89. The summed E-state index contributed by atoms with van der Waals surface area (Å²) in [5.41, 5.74) is 0.493. The number of ether oxygens (including phenoxy) is 2. The quantitative estimate of drug-likeness (QED) is 0.694. The normalized spacial score (nSPS) is 26.3. The summed E-state index contributed by atoms with van der Waals surface area (Å²) in [4.78, 5) is 17.3. The lowest BCUT2D eigenvalue weighted by Crippen LogP contribution is -2.49. The summed E-state index contributed by atoms with van der Waals surface area (Å²) in [6, 6.07) is 6.32. The average Bonchev–Trinajstić information content (AvgIpc) is 2.79. The molecule has 184 valence electrons. The molecule has 33 heavy (non-hydrogen) atoms. The molecule has 3 heterocycles. The molecule has 0 aliphatic carbocycles. The molecular formula is C23H36N4O5S. The predicted molar refractivity (Wildman–Crippen MR) is 126 cm³/mol. The number of anilines is 1. The number of amides is 2. The van der Waals surface area contributed by atoms with Crippen LogP contribution in [-0.2, 0) is 19.5 Å². The van der Waals surface area contributed by atoms with E-state index in [1.165, 1.54) is 10.4 Å². The summed E-state index contributed by atoms with van der Waals surface area (Å²) in [6.45, 7) is 10.1. The Kier molecular flexibility index (Phi) is 7.91. The molecule has 3 saturated heterocycles. The maximum absolute atomic E-state index is 12.9. The number of piperidine rings is 1. The van der Waals surface area contributed by atoms with E-state index in [0.717, 1.165) is 32.5 Å². The van der Waals surface area contributed by atoms with Crippen LogP contribution >= 0.6 is 0 Å². The molecule has 3 aliphatic heterocycles. The second-order valence-corrected chi connectivity index (χ2v) is 11.3. The Hall–Kier alpha value is -1.72. The van der Waals surface area contributed by atoms with Crippen molar-refractivity contribution in [3.05, 3.63) is 24.3 Å². The molecule has 1 N–H and O–H groups in total. The van der Waals surface area contributed by atoms with Crippen molar-refractivity contribution in [1.82, 2.24) is 14.1 Å². The number of carbonyl (C=O) groups is 1. The van der Waals surface area contributed by atoms with E-state index in [9.17, 15) is 13.2 Å². The summed E-state index contributed by atoms with van der Waals surface area (Å²) in [6.07, 6.45) is 2.47. The number of hydrogen-bond acceptors (Lipinski definition) is 6. The van der Waals surface area contributed by atoms with E-state index in [-0.39, 0.29) is 23.1 Å². The van der Waals surface area contributed by atoms with Crippen LogP contribution in [-0.4, -0.2) is 99.8 Å². The van der Waals surface area contributed by atoms with Crippen LogP contribution in [0.25, 0.3) is 0 Å². The van der Waals surface area contributed by atoms with E-state index < -0.39 is 10.0 Å². The lowest BCUT2D eigenvalue weighted by molar-refractivity contribution is -0.0728. The molecule has 0 saturated carbocycles. The van der Waals surface area contributed by atoms with Crippen molar-refractivity contribution >= 4 is 21.7 Å². The van der Waals surface area contributed by atoms with Crippen LogP contribution in [0.2, 0.25) is 0 Å². The first-order valence-corrected chi connectivity index (χ1v) is 13.4. The van der Waals surface area contributed by atoms with Gasteiger partial charge in [0.05, 0.1) is 30.3 Å². The topological polar surface area (TPSA) is 91.4 Å². The van der Waals surface area contributed by atoms with Gasteiger partial charge < -0.3 is 19.7 Å². The van der Waals surface area contributed by atoms with Crippen molar-refractivity contribution in [2.45, 2.75) is 43.8 Å². The largest absolute Gasteiger partial charge is 0.379 e. The van der Waals surface area contributed by atoms with Crippen LogP contribution in [0.4, 0.5) is 10.5 Å². The highest BCUT2D eigenvalue weighted by molar-refractivity contribution is 7.89.